The molecule has 2 rings (SSSR count). The van der Waals surface area contributed by atoms with Gasteiger partial charge in [-0.05, 0) is 42.3 Å². The van der Waals surface area contributed by atoms with Gasteiger partial charge in [0, 0.05) is 16.3 Å². The van der Waals surface area contributed by atoms with Gasteiger partial charge in [-0.3, -0.25) is 0 Å². The van der Waals surface area contributed by atoms with Crippen LogP contribution in [0, 0.1) is 6.92 Å². The van der Waals surface area contributed by atoms with E-state index < -0.39 is 5.97 Å². The van der Waals surface area contributed by atoms with Gasteiger partial charge in [0.15, 0.2) is 0 Å². The summed E-state index contributed by atoms with van der Waals surface area (Å²) in [5.74, 6) is -0.198. The molecule has 3 N–H and O–H groups in total. The number of carboxylic acid groups (broad SMARTS) is 1. The zero-order valence-electron chi connectivity index (χ0n) is 10.6. The van der Waals surface area contributed by atoms with Gasteiger partial charge in [-0.2, -0.15) is 0 Å². The first-order valence-corrected chi connectivity index (χ1v) is 6.86. The molecule has 0 aromatic heterocycles. The molecule has 19 heavy (non-hydrogen) atoms. The molecule has 2 aromatic carbocycles. The van der Waals surface area contributed by atoms with E-state index in [-0.39, 0.29) is 0 Å². The number of nitrogens with two attached hydrogens (primary N) is 1. The Morgan fingerprint density at radius 3 is 2.79 bits per heavy atom. The van der Waals surface area contributed by atoms with Crippen LogP contribution < -0.4 is 5.73 Å². The SMILES string of the molecule is Cc1ccc(N)c(SCc2cccc(C(=O)O)c2)c1. The number of benzene rings is 2. The van der Waals surface area contributed by atoms with E-state index in [1.165, 1.54) is 0 Å². The number of hydrogen-bond donors (Lipinski definition) is 2. The zero-order valence-corrected chi connectivity index (χ0v) is 11.4. The fraction of sp³-hybridized carbons (Fsp3) is 0.133. The molecule has 0 saturated carbocycles. The topological polar surface area (TPSA) is 63.3 Å². The number of anilines is 1. The molecule has 0 unspecified atom stereocenters. The third-order valence-electron chi connectivity index (χ3n) is 2.74. The van der Waals surface area contributed by atoms with E-state index in [1.54, 1.807) is 30.0 Å². The van der Waals surface area contributed by atoms with Crippen LogP contribution in [0.1, 0.15) is 21.5 Å². The first kappa shape index (κ1) is 13.5. The highest BCUT2D eigenvalue weighted by molar-refractivity contribution is 7.98. The number of rotatable bonds is 4. The highest BCUT2D eigenvalue weighted by Gasteiger charge is 2.05. The minimum Gasteiger partial charge on any atom is -0.478 e. The fourth-order valence-corrected chi connectivity index (χ4v) is 2.73. The van der Waals surface area contributed by atoms with Gasteiger partial charge in [0.1, 0.15) is 0 Å². The molecule has 0 fully saturated rings. The lowest BCUT2D eigenvalue weighted by atomic mass is 10.1. The number of carboxylic acids is 1. The minimum atomic E-state index is -0.901. The lowest BCUT2D eigenvalue weighted by Gasteiger charge is -2.07. The summed E-state index contributed by atoms with van der Waals surface area (Å²) in [6.45, 7) is 2.02. The quantitative estimate of drug-likeness (QED) is 0.660. The normalized spacial score (nSPS) is 10.4. The Hall–Kier alpha value is -1.94. The molecule has 0 heterocycles. The van der Waals surface area contributed by atoms with E-state index in [4.69, 9.17) is 10.8 Å². The van der Waals surface area contributed by atoms with Crippen molar-refractivity contribution in [3.8, 4) is 0 Å². The van der Waals surface area contributed by atoms with Gasteiger partial charge in [0.25, 0.3) is 0 Å². The van der Waals surface area contributed by atoms with Crippen LogP contribution in [-0.4, -0.2) is 11.1 Å². The Balaban J connectivity index is 2.12. The Kier molecular flexibility index (Phi) is 4.12. The van der Waals surface area contributed by atoms with Gasteiger partial charge < -0.3 is 10.8 Å². The number of carbonyl (C=O) groups is 1. The number of aryl methyl sites for hydroxylation is 1. The molecule has 0 amide bonds. The molecule has 0 aliphatic heterocycles. The van der Waals surface area contributed by atoms with Crippen LogP contribution in [0.2, 0.25) is 0 Å². The largest absolute Gasteiger partial charge is 0.478 e. The number of hydrogen-bond acceptors (Lipinski definition) is 3. The van der Waals surface area contributed by atoms with Crippen molar-refractivity contribution in [2.45, 2.75) is 17.6 Å². The zero-order chi connectivity index (χ0) is 13.8. The van der Waals surface area contributed by atoms with Crippen LogP contribution in [-0.2, 0) is 5.75 Å². The number of nitrogen functional groups attached to an aromatic ring is 1. The third-order valence-corrected chi connectivity index (χ3v) is 3.88. The van der Waals surface area contributed by atoms with E-state index in [9.17, 15) is 4.79 Å². The maximum atomic E-state index is 10.9. The van der Waals surface area contributed by atoms with Gasteiger partial charge >= 0.3 is 5.97 Å². The smallest absolute Gasteiger partial charge is 0.335 e. The van der Waals surface area contributed by atoms with E-state index in [0.717, 1.165) is 21.7 Å². The molecule has 0 aliphatic rings. The average Bonchev–Trinajstić information content (AvgIpc) is 2.40. The summed E-state index contributed by atoms with van der Waals surface area (Å²) in [6.07, 6.45) is 0. The second-order valence-corrected chi connectivity index (χ2v) is 5.35. The van der Waals surface area contributed by atoms with Crippen molar-refractivity contribution in [3.05, 3.63) is 59.2 Å². The first-order chi connectivity index (χ1) is 9.06. The molecular weight excluding hydrogens is 258 g/mol. The van der Waals surface area contributed by atoms with Crippen LogP contribution in [0.25, 0.3) is 0 Å². The van der Waals surface area contributed by atoms with Crippen LogP contribution in [0.3, 0.4) is 0 Å². The van der Waals surface area contributed by atoms with Crippen molar-refractivity contribution in [1.82, 2.24) is 0 Å². The molecular formula is C15H15NO2S. The first-order valence-electron chi connectivity index (χ1n) is 5.87. The van der Waals surface area contributed by atoms with E-state index in [1.807, 2.05) is 31.2 Å². The highest BCUT2D eigenvalue weighted by atomic mass is 32.2. The van der Waals surface area contributed by atoms with E-state index >= 15 is 0 Å². The van der Waals surface area contributed by atoms with Crippen LogP contribution >= 0.6 is 11.8 Å². The molecule has 2 aromatic rings. The van der Waals surface area contributed by atoms with Gasteiger partial charge in [-0.15, -0.1) is 11.8 Å². The van der Waals surface area contributed by atoms with Crippen molar-refractivity contribution in [1.29, 1.82) is 0 Å². The summed E-state index contributed by atoms with van der Waals surface area (Å²) < 4.78 is 0. The third kappa shape index (κ3) is 3.51. The molecule has 0 bridgehead atoms. The van der Waals surface area contributed by atoms with Crippen LogP contribution in [0.15, 0.2) is 47.4 Å². The van der Waals surface area contributed by atoms with E-state index in [0.29, 0.717) is 11.3 Å². The summed E-state index contributed by atoms with van der Waals surface area (Å²) in [4.78, 5) is 11.9. The van der Waals surface area contributed by atoms with Crippen molar-refractivity contribution in [2.75, 3.05) is 5.73 Å². The molecule has 0 spiro atoms. The van der Waals surface area contributed by atoms with Gasteiger partial charge in [-0.1, -0.05) is 18.2 Å². The standard InChI is InChI=1S/C15H15NO2S/c1-10-5-6-13(16)14(7-10)19-9-11-3-2-4-12(8-11)15(17)18/h2-8H,9,16H2,1H3,(H,17,18). The van der Waals surface area contributed by atoms with Crippen molar-refractivity contribution < 1.29 is 9.90 Å². The molecule has 0 atom stereocenters. The summed E-state index contributed by atoms with van der Waals surface area (Å²) >= 11 is 1.62. The van der Waals surface area contributed by atoms with Crippen molar-refractivity contribution >= 4 is 23.4 Å². The van der Waals surface area contributed by atoms with Crippen LogP contribution in [0.4, 0.5) is 5.69 Å². The maximum absolute atomic E-state index is 10.9. The number of aromatic carboxylic acids is 1. The Morgan fingerprint density at radius 2 is 2.05 bits per heavy atom. The van der Waals surface area contributed by atoms with Crippen molar-refractivity contribution in [2.24, 2.45) is 0 Å². The van der Waals surface area contributed by atoms with Crippen molar-refractivity contribution in [3.63, 3.8) is 0 Å². The molecule has 4 heteroatoms. The minimum absolute atomic E-state index is 0.315. The lowest BCUT2D eigenvalue weighted by Crippen LogP contribution is -1.96. The molecule has 0 saturated heterocycles. The Bertz CT molecular complexity index is 611. The predicted octanol–water partition coefficient (Wildman–Crippen LogP) is 3.57. The Morgan fingerprint density at radius 1 is 1.26 bits per heavy atom. The molecule has 3 nitrogen and oxygen atoms in total. The lowest BCUT2D eigenvalue weighted by molar-refractivity contribution is 0.0697. The molecule has 98 valence electrons. The average molecular weight is 273 g/mol. The van der Waals surface area contributed by atoms with Gasteiger partial charge in [0.05, 0.1) is 5.56 Å². The summed E-state index contributed by atoms with van der Waals surface area (Å²) in [7, 11) is 0. The van der Waals surface area contributed by atoms with Gasteiger partial charge in [0.2, 0.25) is 0 Å². The highest BCUT2D eigenvalue weighted by Crippen LogP contribution is 2.29. The second-order valence-electron chi connectivity index (χ2n) is 4.34. The molecule has 0 aliphatic carbocycles. The predicted molar refractivity (Wildman–Crippen MR) is 78.6 cm³/mol. The maximum Gasteiger partial charge on any atom is 0.335 e. The van der Waals surface area contributed by atoms with Crippen LogP contribution in [0.5, 0.6) is 0 Å². The summed E-state index contributed by atoms with van der Waals surface area (Å²) in [5.41, 5.74) is 9.13. The second kappa shape index (κ2) is 5.80. The van der Waals surface area contributed by atoms with E-state index in [2.05, 4.69) is 0 Å². The fourth-order valence-electron chi connectivity index (χ4n) is 1.72. The summed E-state index contributed by atoms with van der Waals surface area (Å²) in [6, 6.07) is 12.9. The Labute approximate surface area is 116 Å². The number of thioether (sulfide) groups is 1. The van der Waals surface area contributed by atoms with Gasteiger partial charge in [-0.25, -0.2) is 4.79 Å². The summed E-state index contributed by atoms with van der Waals surface area (Å²) in [5, 5.41) is 8.95. The molecule has 0 radical (unpaired) electrons. The monoisotopic (exact) mass is 273 g/mol.